The van der Waals surface area contributed by atoms with Crippen LogP contribution in [0.25, 0.3) is 0 Å². The molecule has 2 saturated heterocycles. The molecular formula is C23H26N4O3. The molecule has 0 aliphatic carbocycles. The van der Waals surface area contributed by atoms with Gasteiger partial charge in [0.2, 0.25) is 0 Å². The number of hydrogen-bond acceptors (Lipinski definition) is 3. The van der Waals surface area contributed by atoms with Crippen molar-refractivity contribution in [1.82, 2.24) is 9.80 Å². The molecule has 0 saturated carbocycles. The first kappa shape index (κ1) is 19.9. The van der Waals surface area contributed by atoms with Crippen LogP contribution in [-0.2, 0) is 4.79 Å². The van der Waals surface area contributed by atoms with E-state index in [1.165, 1.54) is 10.5 Å². The highest BCUT2D eigenvalue weighted by Crippen LogP contribution is 2.26. The van der Waals surface area contributed by atoms with E-state index in [9.17, 15) is 14.4 Å². The van der Waals surface area contributed by atoms with Crippen LogP contribution in [0, 0.1) is 13.8 Å². The van der Waals surface area contributed by atoms with Crippen LogP contribution in [0.15, 0.2) is 48.5 Å². The van der Waals surface area contributed by atoms with Crippen LogP contribution < -0.4 is 10.2 Å². The van der Waals surface area contributed by atoms with E-state index in [0.29, 0.717) is 31.6 Å². The predicted octanol–water partition coefficient (Wildman–Crippen LogP) is 3.77. The van der Waals surface area contributed by atoms with Crippen LogP contribution >= 0.6 is 0 Å². The molecule has 2 aliphatic heterocycles. The normalized spacial score (nSPS) is 17.6. The summed E-state index contributed by atoms with van der Waals surface area (Å²) in [6, 6.07) is 14.4. The zero-order valence-corrected chi connectivity index (χ0v) is 17.3. The quantitative estimate of drug-likeness (QED) is 0.789. The Morgan fingerprint density at radius 2 is 1.67 bits per heavy atom. The van der Waals surface area contributed by atoms with E-state index in [1.807, 2.05) is 50.2 Å². The minimum absolute atomic E-state index is 0.0409. The second-order valence-corrected chi connectivity index (χ2v) is 7.92. The number of benzene rings is 2. The Balaban J connectivity index is 1.35. The second kappa shape index (κ2) is 8.18. The number of rotatable bonds is 3. The molecule has 5 amide bonds. The van der Waals surface area contributed by atoms with Crippen LogP contribution in [0.2, 0.25) is 0 Å². The Labute approximate surface area is 176 Å². The molecule has 0 bridgehead atoms. The SMILES string of the molecule is Cc1ccc(NC(=O)N2CCC(N3CC(=O)N(c4ccccc4)C3=O)CC2)cc1C. The summed E-state index contributed by atoms with van der Waals surface area (Å²) in [5, 5.41) is 2.95. The van der Waals surface area contributed by atoms with Gasteiger partial charge in [-0.25, -0.2) is 14.5 Å². The van der Waals surface area contributed by atoms with Crippen molar-refractivity contribution in [2.45, 2.75) is 32.7 Å². The van der Waals surface area contributed by atoms with E-state index >= 15 is 0 Å². The van der Waals surface area contributed by atoms with Crippen molar-refractivity contribution < 1.29 is 14.4 Å². The average Bonchev–Trinajstić information content (AvgIpc) is 3.05. The number of para-hydroxylation sites is 1. The Bertz CT molecular complexity index is 968. The molecule has 4 rings (SSSR count). The lowest BCUT2D eigenvalue weighted by molar-refractivity contribution is -0.116. The number of nitrogens with zero attached hydrogens (tertiary/aromatic N) is 3. The highest BCUT2D eigenvalue weighted by atomic mass is 16.2. The zero-order valence-electron chi connectivity index (χ0n) is 17.3. The van der Waals surface area contributed by atoms with Gasteiger partial charge < -0.3 is 15.1 Å². The Hall–Kier alpha value is -3.35. The standard InChI is InChI=1S/C23H26N4O3/c1-16-8-9-18(14-17(16)2)24-22(29)25-12-10-19(11-13-25)26-15-21(28)27(23(26)30)20-6-4-3-5-7-20/h3-9,14,19H,10-13,15H2,1-2H3,(H,24,29). The Morgan fingerprint density at radius 1 is 0.967 bits per heavy atom. The third-order valence-corrected chi connectivity index (χ3v) is 5.96. The summed E-state index contributed by atoms with van der Waals surface area (Å²) in [6.45, 7) is 5.24. The van der Waals surface area contributed by atoms with Crippen LogP contribution in [0.3, 0.4) is 0 Å². The molecule has 0 radical (unpaired) electrons. The molecule has 2 aliphatic rings. The van der Waals surface area contributed by atoms with Crippen molar-refractivity contribution in [2.24, 2.45) is 0 Å². The Kier molecular flexibility index (Phi) is 5.44. The number of carbonyl (C=O) groups excluding carboxylic acids is 3. The first-order chi connectivity index (χ1) is 14.4. The minimum Gasteiger partial charge on any atom is -0.324 e. The molecule has 0 unspecified atom stereocenters. The Morgan fingerprint density at radius 3 is 2.33 bits per heavy atom. The van der Waals surface area contributed by atoms with Crippen LogP contribution in [-0.4, -0.2) is 53.4 Å². The average molecular weight is 406 g/mol. The first-order valence-electron chi connectivity index (χ1n) is 10.3. The molecule has 1 N–H and O–H groups in total. The first-order valence-corrected chi connectivity index (χ1v) is 10.3. The molecule has 30 heavy (non-hydrogen) atoms. The van der Waals surface area contributed by atoms with Crippen LogP contribution in [0.1, 0.15) is 24.0 Å². The maximum Gasteiger partial charge on any atom is 0.332 e. The lowest BCUT2D eigenvalue weighted by Gasteiger charge is -2.36. The van der Waals surface area contributed by atoms with E-state index in [4.69, 9.17) is 0 Å². The lowest BCUT2D eigenvalue weighted by Crippen LogP contribution is -2.49. The highest BCUT2D eigenvalue weighted by molar-refractivity contribution is 6.19. The molecule has 0 atom stereocenters. The molecule has 2 aromatic rings. The van der Waals surface area contributed by atoms with E-state index in [2.05, 4.69) is 5.32 Å². The number of piperidine rings is 1. The van der Waals surface area contributed by atoms with Gasteiger partial charge in [0.25, 0.3) is 5.91 Å². The maximum atomic E-state index is 12.9. The largest absolute Gasteiger partial charge is 0.332 e. The van der Waals surface area contributed by atoms with E-state index in [-0.39, 0.29) is 30.6 Å². The third kappa shape index (κ3) is 3.87. The molecule has 2 fully saturated rings. The van der Waals surface area contributed by atoms with Crippen molar-refractivity contribution in [2.75, 3.05) is 29.9 Å². The molecular weight excluding hydrogens is 380 g/mol. The molecule has 0 spiro atoms. The zero-order chi connectivity index (χ0) is 21.3. The van der Waals surface area contributed by atoms with Gasteiger partial charge in [-0.1, -0.05) is 24.3 Å². The van der Waals surface area contributed by atoms with E-state index < -0.39 is 0 Å². The van der Waals surface area contributed by atoms with Gasteiger partial charge in [0.05, 0.1) is 5.69 Å². The fraction of sp³-hybridized carbons (Fsp3) is 0.348. The number of hydrogen-bond donors (Lipinski definition) is 1. The van der Waals surface area contributed by atoms with Gasteiger partial charge in [0.1, 0.15) is 6.54 Å². The van der Waals surface area contributed by atoms with Gasteiger partial charge in [0, 0.05) is 24.8 Å². The number of aryl methyl sites for hydroxylation is 2. The topological polar surface area (TPSA) is 73.0 Å². The number of imide groups is 1. The summed E-state index contributed by atoms with van der Waals surface area (Å²) in [5.41, 5.74) is 3.69. The van der Waals surface area contributed by atoms with Crippen molar-refractivity contribution in [3.63, 3.8) is 0 Å². The molecule has 7 nitrogen and oxygen atoms in total. The summed E-state index contributed by atoms with van der Waals surface area (Å²) >= 11 is 0. The van der Waals surface area contributed by atoms with Crippen molar-refractivity contribution >= 4 is 29.3 Å². The maximum absolute atomic E-state index is 12.9. The van der Waals surface area contributed by atoms with Crippen molar-refractivity contribution in [3.8, 4) is 0 Å². The van der Waals surface area contributed by atoms with Crippen molar-refractivity contribution in [3.05, 3.63) is 59.7 Å². The molecule has 7 heteroatoms. The number of anilines is 2. The van der Waals surface area contributed by atoms with Crippen LogP contribution in [0.5, 0.6) is 0 Å². The number of nitrogens with one attached hydrogen (secondary N) is 1. The number of likely N-dealkylation sites (tertiary alicyclic amines) is 1. The second-order valence-electron chi connectivity index (χ2n) is 7.92. The highest BCUT2D eigenvalue weighted by Gasteiger charge is 2.41. The monoisotopic (exact) mass is 406 g/mol. The van der Waals surface area contributed by atoms with Gasteiger partial charge in [-0.3, -0.25) is 4.79 Å². The van der Waals surface area contributed by atoms with Crippen molar-refractivity contribution in [1.29, 1.82) is 0 Å². The number of urea groups is 2. The van der Waals surface area contributed by atoms with Gasteiger partial charge in [0.15, 0.2) is 0 Å². The van der Waals surface area contributed by atoms with Crippen LogP contribution in [0.4, 0.5) is 21.0 Å². The van der Waals surface area contributed by atoms with E-state index in [0.717, 1.165) is 11.3 Å². The summed E-state index contributed by atoms with van der Waals surface area (Å²) in [4.78, 5) is 42.6. The predicted molar refractivity (Wildman–Crippen MR) is 116 cm³/mol. The lowest BCUT2D eigenvalue weighted by atomic mass is 10.0. The third-order valence-electron chi connectivity index (χ3n) is 5.96. The summed E-state index contributed by atoms with van der Waals surface area (Å²) in [5.74, 6) is -0.207. The molecule has 2 heterocycles. The minimum atomic E-state index is -0.274. The van der Waals surface area contributed by atoms with Gasteiger partial charge in [-0.05, 0) is 62.1 Å². The molecule has 2 aromatic carbocycles. The molecule has 0 aromatic heterocycles. The summed E-state index contributed by atoms with van der Waals surface area (Å²) in [7, 11) is 0. The fourth-order valence-corrected chi connectivity index (χ4v) is 4.04. The van der Waals surface area contributed by atoms with E-state index in [1.54, 1.807) is 21.9 Å². The number of amides is 5. The fourth-order valence-electron chi connectivity index (χ4n) is 4.04. The van der Waals surface area contributed by atoms with Gasteiger partial charge in [-0.2, -0.15) is 0 Å². The molecule has 156 valence electrons. The smallest absolute Gasteiger partial charge is 0.324 e. The number of carbonyl (C=O) groups is 3. The summed E-state index contributed by atoms with van der Waals surface area (Å²) in [6.07, 6.45) is 1.31. The summed E-state index contributed by atoms with van der Waals surface area (Å²) < 4.78 is 0. The van der Waals surface area contributed by atoms with Gasteiger partial charge >= 0.3 is 12.1 Å². The van der Waals surface area contributed by atoms with Gasteiger partial charge in [-0.15, -0.1) is 0 Å².